The molecule has 1 saturated heterocycles. The van der Waals surface area contributed by atoms with Gasteiger partial charge in [0.1, 0.15) is 24.0 Å². The number of pyridine rings is 1. The fraction of sp³-hybridized carbons (Fsp3) is 0.333. The van der Waals surface area contributed by atoms with Crippen molar-refractivity contribution in [3.63, 3.8) is 0 Å². The first kappa shape index (κ1) is 16.7. The molecule has 0 radical (unpaired) electrons. The first-order valence-electron chi connectivity index (χ1n) is 8.00. The number of benzene rings is 1. The monoisotopic (exact) mass is 339 g/mol. The van der Waals surface area contributed by atoms with Crippen molar-refractivity contribution in [3.05, 3.63) is 30.0 Å². The molecule has 7 nitrogen and oxygen atoms in total. The molecule has 7 heteroatoms. The van der Waals surface area contributed by atoms with Crippen LogP contribution in [0.25, 0.3) is 10.9 Å². The summed E-state index contributed by atoms with van der Waals surface area (Å²) in [7, 11) is 0. The van der Waals surface area contributed by atoms with Crippen LogP contribution in [0.2, 0.25) is 0 Å². The Labute approximate surface area is 144 Å². The van der Waals surface area contributed by atoms with Gasteiger partial charge in [-0.25, -0.2) is 0 Å². The Balaban J connectivity index is 1.83. The van der Waals surface area contributed by atoms with Gasteiger partial charge in [0.2, 0.25) is 5.91 Å². The number of piperidine rings is 1. The average Bonchev–Trinajstić information content (AvgIpc) is 2.62. The molecule has 1 fully saturated rings. The van der Waals surface area contributed by atoms with Crippen molar-refractivity contribution in [3.8, 4) is 17.6 Å². The highest BCUT2D eigenvalue weighted by atomic mass is 16.5. The Morgan fingerprint density at radius 3 is 3.12 bits per heavy atom. The van der Waals surface area contributed by atoms with Gasteiger partial charge in [-0.15, -0.1) is 0 Å². The number of carbonyl (C=O) groups excluding carboxylic acids is 2. The van der Waals surface area contributed by atoms with Crippen LogP contribution in [0, 0.1) is 11.3 Å². The molecule has 0 aliphatic carbocycles. The fourth-order valence-electron chi connectivity index (χ4n) is 2.99. The molecule has 0 bridgehead atoms. The highest BCUT2D eigenvalue weighted by molar-refractivity contribution is 5.93. The summed E-state index contributed by atoms with van der Waals surface area (Å²) < 4.78 is 6.04. The summed E-state index contributed by atoms with van der Waals surface area (Å²) in [6, 6.07) is 6.54. The zero-order valence-electron chi connectivity index (χ0n) is 13.5. The van der Waals surface area contributed by atoms with Crippen molar-refractivity contribution in [2.24, 2.45) is 0 Å². The number of hydrogen-bond donors (Lipinski definition) is 1. The smallest absolute Gasteiger partial charge is 0.236 e. The summed E-state index contributed by atoms with van der Waals surface area (Å²) in [4.78, 5) is 28.7. The van der Waals surface area contributed by atoms with Gasteiger partial charge >= 0.3 is 0 Å². The number of ether oxygens (including phenoxy) is 1. The van der Waals surface area contributed by atoms with Crippen LogP contribution in [0.5, 0.6) is 11.5 Å². The molecule has 1 atom stereocenters. The summed E-state index contributed by atoms with van der Waals surface area (Å²) >= 11 is 0. The van der Waals surface area contributed by atoms with Crippen LogP contribution in [0.15, 0.2) is 24.4 Å². The normalized spacial score (nSPS) is 17.1. The minimum atomic E-state index is -0.199. The molecule has 1 aromatic heterocycles. The first-order chi connectivity index (χ1) is 12.1. The van der Waals surface area contributed by atoms with Crippen LogP contribution in [0.4, 0.5) is 0 Å². The first-order valence-corrected chi connectivity index (χ1v) is 8.00. The van der Waals surface area contributed by atoms with Gasteiger partial charge in [-0.3, -0.25) is 14.6 Å². The minimum Gasteiger partial charge on any atom is -0.507 e. The molecule has 1 amide bonds. The van der Waals surface area contributed by atoms with E-state index in [0.29, 0.717) is 36.0 Å². The van der Waals surface area contributed by atoms with E-state index in [1.54, 1.807) is 17.2 Å². The van der Waals surface area contributed by atoms with Crippen molar-refractivity contribution >= 4 is 23.1 Å². The Morgan fingerprint density at radius 1 is 1.52 bits per heavy atom. The van der Waals surface area contributed by atoms with Gasteiger partial charge in [-0.2, -0.15) is 5.26 Å². The number of carbonyl (C=O) groups is 2. The number of phenolic OH excluding ortho intramolecular Hbond substituents is 1. The second-order valence-electron chi connectivity index (χ2n) is 5.91. The number of rotatable bonds is 4. The number of nitriles is 1. The molecular formula is C18H17N3O4. The van der Waals surface area contributed by atoms with Gasteiger partial charge in [0.25, 0.3) is 0 Å². The number of amides is 1. The van der Waals surface area contributed by atoms with Gasteiger partial charge in [-0.05, 0) is 31.0 Å². The van der Waals surface area contributed by atoms with Crippen LogP contribution in [-0.2, 0) is 4.79 Å². The predicted octanol–water partition coefficient (Wildman–Crippen LogP) is 2.04. The van der Waals surface area contributed by atoms with E-state index in [-0.39, 0.29) is 29.7 Å². The van der Waals surface area contributed by atoms with Crippen LogP contribution in [0.3, 0.4) is 0 Å². The molecule has 25 heavy (non-hydrogen) atoms. The molecule has 0 spiro atoms. The average molecular weight is 339 g/mol. The van der Waals surface area contributed by atoms with E-state index in [4.69, 9.17) is 10.00 Å². The number of aromatic nitrogens is 1. The van der Waals surface area contributed by atoms with Crippen molar-refractivity contribution in [2.45, 2.75) is 25.4 Å². The molecule has 3 rings (SSSR count). The van der Waals surface area contributed by atoms with E-state index in [2.05, 4.69) is 4.98 Å². The summed E-state index contributed by atoms with van der Waals surface area (Å²) in [6.07, 6.45) is 3.40. The Hall–Kier alpha value is -3.14. The Kier molecular flexibility index (Phi) is 4.80. The van der Waals surface area contributed by atoms with Gasteiger partial charge in [0.05, 0.1) is 23.7 Å². The van der Waals surface area contributed by atoms with Crippen LogP contribution in [-0.4, -0.2) is 46.4 Å². The lowest BCUT2D eigenvalue weighted by Gasteiger charge is -2.32. The van der Waals surface area contributed by atoms with Crippen molar-refractivity contribution < 1.29 is 19.4 Å². The van der Waals surface area contributed by atoms with Gasteiger partial charge in [0, 0.05) is 18.1 Å². The Bertz CT molecular complexity index is 859. The lowest BCUT2D eigenvalue weighted by molar-refractivity contribution is -0.132. The van der Waals surface area contributed by atoms with Crippen LogP contribution < -0.4 is 4.74 Å². The lowest BCUT2D eigenvalue weighted by Crippen LogP contribution is -2.44. The highest BCUT2D eigenvalue weighted by Gasteiger charge is 2.25. The molecule has 2 heterocycles. The number of hydrogen-bond acceptors (Lipinski definition) is 6. The van der Waals surface area contributed by atoms with Crippen LogP contribution in [0.1, 0.15) is 29.6 Å². The number of phenols is 1. The third-order valence-corrected chi connectivity index (χ3v) is 4.23. The van der Waals surface area contributed by atoms with E-state index < -0.39 is 0 Å². The number of nitrogens with zero attached hydrogens (tertiary/aromatic N) is 3. The number of aldehydes is 1. The highest BCUT2D eigenvalue weighted by Crippen LogP contribution is 2.31. The fourth-order valence-corrected chi connectivity index (χ4v) is 2.99. The summed E-state index contributed by atoms with van der Waals surface area (Å²) in [6.45, 7) is 1.05. The van der Waals surface area contributed by atoms with Crippen molar-refractivity contribution in [2.75, 3.05) is 13.1 Å². The quantitative estimate of drug-likeness (QED) is 0.855. The molecule has 1 N–H and O–H groups in total. The zero-order chi connectivity index (χ0) is 17.8. The van der Waals surface area contributed by atoms with E-state index >= 15 is 0 Å². The molecular weight excluding hydrogens is 322 g/mol. The Morgan fingerprint density at radius 2 is 2.36 bits per heavy atom. The SMILES string of the molecule is N#CCC(=O)N1CCCC(Oc2ccnc3cc(C=O)c(O)cc23)C1. The van der Waals surface area contributed by atoms with E-state index in [9.17, 15) is 14.7 Å². The summed E-state index contributed by atoms with van der Waals surface area (Å²) in [5.41, 5.74) is 0.716. The summed E-state index contributed by atoms with van der Waals surface area (Å²) in [5.74, 6) is 0.218. The molecule has 2 aromatic rings. The zero-order valence-corrected chi connectivity index (χ0v) is 13.5. The third kappa shape index (κ3) is 3.53. The second kappa shape index (κ2) is 7.18. The number of aromatic hydroxyl groups is 1. The molecule has 1 aliphatic rings. The maximum Gasteiger partial charge on any atom is 0.236 e. The largest absolute Gasteiger partial charge is 0.507 e. The van der Waals surface area contributed by atoms with Crippen molar-refractivity contribution in [1.82, 2.24) is 9.88 Å². The molecule has 0 saturated carbocycles. The topological polar surface area (TPSA) is 104 Å². The van der Waals surface area contributed by atoms with Gasteiger partial charge < -0.3 is 14.7 Å². The van der Waals surface area contributed by atoms with Crippen molar-refractivity contribution in [1.29, 1.82) is 5.26 Å². The van der Waals surface area contributed by atoms with E-state index in [1.807, 2.05) is 6.07 Å². The third-order valence-electron chi connectivity index (χ3n) is 4.23. The number of likely N-dealkylation sites (tertiary alicyclic amines) is 1. The molecule has 1 aromatic carbocycles. The van der Waals surface area contributed by atoms with E-state index in [0.717, 1.165) is 12.8 Å². The maximum atomic E-state index is 11.9. The second-order valence-corrected chi connectivity index (χ2v) is 5.91. The molecule has 1 unspecified atom stereocenters. The minimum absolute atomic E-state index is 0.130. The van der Waals surface area contributed by atoms with E-state index in [1.165, 1.54) is 12.1 Å². The number of fused-ring (bicyclic) bond motifs is 1. The van der Waals surface area contributed by atoms with Gasteiger partial charge in [0.15, 0.2) is 6.29 Å². The molecule has 1 aliphatic heterocycles. The predicted molar refractivity (Wildman–Crippen MR) is 89.3 cm³/mol. The lowest BCUT2D eigenvalue weighted by atomic mass is 10.1. The van der Waals surface area contributed by atoms with Crippen LogP contribution >= 0.6 is 0 Å². The summed E-state index contributed by atoms with van der Waals surface area (Å²) in [5, 5.41) is 19.2. The standard InChI is InChI=1S/C18H17N3O4/c19-5-3-18(24)21-7-1-2-13(10-21)25-17-4-6-20-15-8-12(11-22)16(23)9-14(15)17/h4,6,8-9,11,13,23H,1-3,7,10H2. The maximum absolute atomic E-state index is 11.9. The van der Waals surface area contributed by atoms with Gasteiger partial charge in [-0.1, -0.05) is 0 Å². The molecule has 128 valence electrons.